The van der Waals surface area contributed by atoms with E-state index >= 15 is 0 Å². The maximum Gasteiger partial charge on any atom is 0.246 e. The Morgan fingerprint density at radius 1 is 1.19 bits per heavy atom. The van der Waals surface area contributed by atoms with Gasteiger partial charge in [0.25, 0.3) is 0 Å². The lowest BCUT2D eigenvalue weighted by atomic mass is 10.1. The molecular weight excluding hydrogens is 342 g/mol. The van der Waals surface area contributed by atoms with Crippen molar-refractivity contribution in [3.05, 3.63) is 59.7 Å². The molecule has 1 aliphatic rings. The van der Waals surface area contributed by atoms with Crippen LogP contribution < -0.4 is 14.2 Å². The molecule has 27 heavy (non-hydrogen) atoms. The Kier molecular flexibility index (Phi) is 6.01. The van der Waals surface area contributed by atoms with Crippen LogP contribution in [0.2, 0.25) is 0 Å². The Balaban J connectivity index is 1.63. The predicted octanol–water partition coefficient (Wildman–Crippen LogP) is 3.92. The third-order valence-electron chi connectivity index (χ3n) is 4.66. The van der Waals surface area contributed by atoms with Crippen LogP contribution in [-0.2, 0) is 11.2 Å². The monoisotopic (exact) mass is 367 g/mol. The zero-order chi connectivity index (χ0) is 19.2. The summed E-state index contributed by atoms with van der Waals surface area (Å²) < 4.78 is 15.9. The molecule has 1 unspecified atom stereocenters. The molecule has 5 nitrogen and oxygen atoms in total. The van der Waals surface area contributed by atoms with Crippen molar-refractivity contribution < 1.29 is 19.0 Å². The minimum Gasteiger partial charge on any atom is -0.497 e. The normalized spacial score (nSPS) is 13.6. The molecule has 0 saturated carbocycles. The van der Waals surface area contributed by atoms with Crippen LogP contribution in [0.1, 0.15) is 25.0 Å². The van der Waals surface area contributed by atoms with Crippen LogP contribution in [-0.4, -0.2) is 37.3 Å². The molecule has 0 radical (unpaired) electrons. The van der Waals surface area contributed by atoms with E-state index in [1.807, 2.05) is 60.4 Å². The van der Waals surface area contributed by atoms with E-state index < -0.39 is 0 Å². The number of methoxy groups -OCH3 is 1. The molecule has 0 saturated heterocycles. The van der Waals surface area contributed by atoms with E-state index in [9.17, 15) is 4.79 Å². The molecule has 1 amide bonds. The van der Waals surface area contributed by atoms with Crippen molar-refractivity contribution in [2.75, 3.05) is 20.4 Å². The van der Waals surface area contributed by atoms with Crippen LogP contribution in [0, 0.1) is 0 Å². The second-order valence-electron chi connectivity index (χ2n) is 6.47. The Morgan fingerprint density at radius 3 is 2.63 bits per heavy atom. The fourth-order valence-electron chi connectivity index (χ4n) is 3.18. The van der Waals surface area contributed by atoms with Crippen molar-refractivity contribution in [2.45, 2.75) is 26.3 Å². The van der Waals surface area contributed by atoms with Crippen LogP contribution in [0.25, 0.3) is 6.08 Å². The molecule has 0 bridgehead atoms. The van der Waals surface area contributed by atoms with Gasteiger partial charge in [0.2, 0.25) is 12.7 Å². The summed E-state index contributed by atoms with van der Waals surface area (Å²) in [5.74, 6) is 2.28. The van der Waals surface area contributed by atoms with Crippen molar-refractivity contribution in [3.63, 3.8) is 0 Å². The standard InChI is InChI=1S/C22H25NO4/c1-4-23(16(2)13-17-5-9-19(25-3)10-6-17)22(24)12-8-18-7-11-20-21(14-18)27-15-26-20/h5-12,14,16H,4,13,15H2,1-3H3. The van der Waals surface area contributed by atoms with Gasteiger partial charge in [-0.25, -0.2) is 0 Å². The summed E-state index contributed by atoms with van der Waals surface area (Å²) in [6.07, 6.45) is 4.22. The van der Waals surface area contributed by atoms with Gasteiger partial charge in [-0.05, 0) is 61.7 Å². The Bertz CT molecular complexity index is 814. The summed E-state index contributed by atoms with van der Waals surface area (Å²) >= 11 is 0. The van der Waals surface area contributed by atoms with E-state index in [0.29, 0.717) is 12.3 Å². The Hall–Kier alpha value is -2.95. The van der Waals surface area contributed by atoms with E-state index in [4.69, 9.17) is 14.2 Å². The smallest absolute Gasteiger partial charge is 0.246 e. The van der Waals surface area contributed by atoms with Gasteiger partial charge in [0.15, 0.2) is 11.5 Å². The molecule has 142 valence electrons. The zero-order valence-corrected chi connectivity index (χ0v) is 16.0. The largest absolute Gasteiger partial charge is 0.497 e. The fraction of sp³-hybridized carbons (Fsp3) is 0.318. The maximum absolute atomic E-state index is 12.7. The summed E-state index contributed by atoms with van der Waals surface area (Å²) in [4.78, 5) is 14.5. The molecule has 0 N–H and O–H groups in total. The highest BCUT2D eigenvalue weighted by atomic mass is 16.7. The van der Waals surface area contributed by atoms with Gasteiger partial charge in [0.1, 0.15) is 5.75 Å². The van der Waals surface area contributed by atoms with Crippen molar-refractivity contribution in [1.29, 1.82) is 0 Å². The Labute approximate surface area is 160 Å². The van der Waals surface area contributed by atoms with Gasteiger partial charge >= 0.3 is 0 Å². The lowest BCUT2D eigenvalue weighted by Gasteiger charge is -2.27. The first-order valence-corrected chi connectivity index (χ1v) is 9.12. The maximum atomic E-state index is 12.7. The van der Waals surface area contributed by atoms with Crippen LogP contribution >= 0.6 is 0 Å². The molecule has 0 fully saturated rings. The number of ether oxygens (including phenoxy) is 3. The van der Waals surface area contributed by atoms with Crippen LogP contribution in [0.3, 0.4) is 0 Å². The summed E-state index contributed by atoms with van der Waals surface area (Å²) in [6, 6.07) is 13.7. The summed E-state index contributed by atoms with van der Waals surface area (Å²) in [6.45, 7) is 4.96. The van der Waals surface area contributed by atoms with Crippen molar-refractivity contribution in [1.82, 2.24) is 4.90 Å². The molecule has 2 aromatic rings. The number of carbonyl (C=O) groups excluding carboxylic acids is 1. The zero-order valence-electron chi connectivity index (χ0n) is 16.0. The summed E-state index contributed by atoms with van der Waals surface area (Å²) in [5.41, 5.74) is 2.08. The molecule has 0 aliphatic carbocycles. The van der Waals surface area contributed by atoms with Gasteiger partial charge in [-0.3, -0.25) is 4.79 Å². The molecule has 1 aliphatic heterocycles. The number of rotatable bonds is 7. The number of benzene rings is 2. The van der Waals surface area contributed by atoms with Crippen molar-refractivity contribution in [3.8, 4) is 17.2 Å². The van der Waals surface area contributed by atoms with Gasteiger partial charge in [0, 0.05) is 18.7 Å². The van der Waals surface area contributed by atoms with E-state index in [1.165, 1.54) is 5.56 Å². The van der Waals surface area contributed by atoms with Gasteiger partial charge in [-0.2, -0.15) is 0 Å². The second kappa shape index (κ2) is 8.62. The highest BCUT2D eigenvalue weighted by Crippen LogP contribution is 2.32. The highest BCUT2D eigenvalue weighted by molar-refractivity contribution is 5.92. The topological polar surface area (TPSA) is 48.0 Å². The lowest BCUT2D eigenvalue weighted by molar-refractivity contribution is -0.127. The van der Waals surface area contributed by atoms with Gasteiger partial charge in [-0.15, -0.1) is 0 Å². The number of carbonyl (C=O) groups is 1. The molecule has 0 aromatic heterocycles. The Morgan fingerprint density at radius 2 is 1.93 bits per heavy atom. The molecule has 5 heteroatoms. The van der Waals surface area contributed by atoms with Crippen LogP contribution in [0.5, 0.6) is 17.2 Å². The first kappa shape index (κ1) is 18.8. The molecule has 1 atom stereocenters. The van der Waals surface area contributed by atoms with Crippen molar-refractivity contribution >= 4 is 12.0 Å². The quantitative estimate of drug-likeness (QED) is 0.696. The number of nitrogens with zero attached hydrogens (tertiary/aromatic N) is 1. The number of fused-ring (bicyclic) bond motifs is 1. The van der Waals surface area contributed by atoms with Crippen molar-refractivity contribution in [2.24, 2.45) is 0 Å². The molecular formula is C22H25NO4. The third kappa shape index (κ3) is 4.61. The van der Waals surface area contributed by atoms with Gasteiger partial charge < -0.3 is 19.1 Å². The fourth-order valence-corrected chi connectivity index (χ4v) is 3.18. The third-order valence-corrected chi connectivity index (χ3v) is 4.66. The summed E-state index contributed by atoms with van der Waals surface area (Å²) in [5, 5.41) is 0. The SMILES string of the molecule is CCN(C(=O)C=Cc1ccc2c(c1)OCO2)C(C)Cc1ccc(OC)cc1. The number of likely N-dealkylation sites (N-methyl/N-ethyl adjacent to an activating group) is 1. The van der Waals surface area contributed by atoms with E-state index in [2.05, 4.69) is 6.92 Å². The molecule has 0 spiro atoms. The van der Waals surface area contributed by atoms with Crippen LogP contribution in [0.4, 0.5) is 0 Å². The summed E-state index contributed by atoms with van der Waals surface area (Å²) in [7, 11) is 1.65. The molecule has 1 heterocycles. The second-order valence-corrected chi connectivity index (χ2v) is 6.47. The minimum absolute atomic E-state index is 0.00354. The highest BCUT2D eigenvalue weighted by Gasteiger charge is 2.17. The molecule has 2 aromatic carbocycles. The minimum atomic E-state index is -0.00354. The van der Waals surface area contributed by atoms with E-state index in [0.717, 1.165) is 23.5 Å². The van der Waals surface area contributed by atoms with E-state index in [1.54, 1.807) is 13.2 Å². The average molecular weight is 367 g/mol. The van der Waals surface area contributed by atoms with E-state index in [-0.39, 0.29) is 18.7 Å². The van der Waals surface area contributed by atoms with Gasteiger partial charge in [0.05, 0.1) is 7.11 Å². The number of hydrogen-bond acceptors (Lipinski definition) is 4. The first-order valence-electron chi connectivity index (χ1n) is 9.12. The number of amides is 1. The predicted molar refractivity (Wildman–Crippen MR) is 105 cm³/mol. The average Bonchev–Trinajstić information content (AvgIpc) is 3.15. The first-order chi connectivity index (χ1) is 13.1. The molecule has 3 rings (SSSR count). The lowest BCUT2D eigenvalue weighted by Crippen LogP contribution is -2.38. The van der Waals surface area contributed by atoms with Crippen LogP contribution in [0.15, 0.2) is 48.5 Å². The van der Waals surface area contributed by atoms with Gasteiger partial charge in [-0.1, -0.05) is 18.2 Å². The number of hydrogen-bond donors (Lipinski definition) is 0.